The van der Waals surface area contributed by atoms with E-state index in [-0.39, 0.29) is 43.5 Å². The fraction of sp³-hybridized carbons (Fsp3) is 0.480. The van der Waals surface area contributed by atoms with E-state index in [1.165, 1.54) is 0 Å². The molecule has 1 saturated carbocycles. The predicted octanol–water partition coefficient (Wildman–Crippen LogP) is 6.62. The third kappa shape index (κ3) is 8.29. The summed E-state index contributed by atoms with van der Waals surface area (Å²) >= 11 is 0. The molecule has 2 fully saturated rings. The van der Waals surface area contributed by atoms with E-state index in [0.717, 1.165) is 18.5 Å². The summed E-state index contributed by atoms with van der Waals surface area (Å²) in [5.74, 6) is -6.10. The molecule has 0 bridgehead atoms. The van der Waals surface area contributed by atoms with Gasteiger partial charge in [-0.2, -0.15) is 8.78 Å². The molecule has 1 saturated heterocycles. The maximum absolute atomic E-state index is 14.3. The topological polar surface area (TPSA) is 83.6 Å². The van der Waals surface area contributed by atoms with E-state index in [1.807, 2.05) is 0 Å². The van der Waals surface area contributed by atoms with Crippen LogP contribution in [0.5, 0.6) is 0 Å². The van der Waals surface area contributed by atoms with Crippen molar-refractivity contribution < 1.29 is 55.7 Å². The molecule has 3 unspecified atom stereocenters. The zero-order valence-electron chi connectivity index (χ0n) is 22.0. The van der Waals surface area contributed by atoms with Crippen LogP contribution in [0.25, 0.3) is 0 Å². The molecule has 1 aliphatic carbocycles. The van der Waals surface area contributed by atoms with Crippen molar-refractivity contribution in [3.05, 3.63) is 54.1 Å². The second-order valence-corrected chi connectivity index (χ2v) is 12.8. The van der Waals surface area contributed by atoms with Crippen molar-refractivity contribution in [3.8, 4) is 0 Å². The van der Waals surface area contributed by atoms with Crippen molar-refractivity contribution in [2.24, 2.45) is 0 Å². The Balaban J connectivity index is 1.77. The Bertz CT molecular complexity index is 1340. The minimum atomic E-state index is -10.2. The third-order valence-electron chi connectivity index (χ3n) is 7.09. The molecule has 2 amide bonds. The van der Waals surface area contributed by atoms with Gasteiger partial charge in [0.2, 0.25) is 17.7 Å². The predicted molar refractivity (Wildman–Crippen MR) is 135 cm³/mol. The van der Waals surface area contributed by atoms with Gasteiger partial charge in [0.1, 0.15) is 16.8 Å². The maximum Gasteiger partial charge on any atom is 0.345 e. The van der Waals surface area contributed by atoms with Crippen LogP contribution in [0.2, 0.25) is 0 Å². The molecular weight excluding hydrogens is 626 g/mol. The summed E-state index contributed by atoms with van der Waals surface area (Å²) in [5.41, 5.74) is -0.822. The lowest BCUT2D eigenvalue weighted by molar-refractivity contribution is -0.157. The third-order valence-corrected chi connectivity index (χ3v) is 8.26. The van der Waals surface area contributed by atoms with Gasteiger partial charge >= 0.3 is 16.8 Å². The Morgan fingerprint density at radius 1 is 1.05 bits per heavy atom. The van der Waals surface area contributed by atoms with Crippen LogP contribution in [-0.4, -0.2) is 54.1 Å². The Morgan fingerprint density at radius 2 is 1.67 bits per heavy atom. The van der Waals surface area contributed by atoms with E-state index in [0.29, 0.717) is 17.0 Å². The number of amides is 2. The van der Waals surface area contributed by atoms with Gasteiger partial charge < -0.3 is 15.4 Å². The average molecular weight is 653 g/mol. The van der Waals surface area contributed by atoms with Gasteiger partial charge in [-0.15, -0.1) is 0 Å². The van der Waals surface area contributed by atoms with Crippen LogP contribution < -0.4 is 15.5 Å². The van der Waals surface area contributed by atoms with Crippen LogP contribution in [0.3, 0.4) is 0 Å². The number of anilines is 1. The summed E-state index contributed by atoms with van der Waals surface area (Å²) in [5, 5.41) is 5.11. The van der Waals surface area contributed by atoms with Crippen LogP contribution >= 0.6 is 10.2 Å². The smallest absolute Gasteiger partial charge is 0.345 e. The molecule has 1 aromatic carbocycles. The van der Waals surface area contributed by atoms with Gasteiger partial charge in [-0.1, -0.05) is 19.4 Å². The van der Waals surface area contributed by atoms with Gasteiger partial charge in [-0.25, -0.2) is 13.2 Å². The SMILES string of the molecule is O=C(NC1CCC(F)(F)CC1)C(c1cncc(F)c1)N(C(=O)C1CC(OC(F)F)CN1)c1ccc(S(F)(F)(F)(F)F)cc1. The van der Waals surface area contributed by atoms with Crippen molar-refractivity contribution in [1.82, 2.24) is 15.6 Å². The Hall–Kier alpha value is -3.12. The standard InChI is InChI=1S/C25H26F10N4O3S/c26-15-9-14(11-36-12-15)21(22(40)38-16-5-7-25(29,30)8-6-16)39(23(41)20-10-18(13-37-20)42-24(27)28)17-1-3-19(4-2-17)43(31,32,33,34)35/h1-4,9,11-12,16,18,20-21,24,37H,5-8,10,13H2,(H,38,40). The number of hydrogen-bond acceptors (Lipinski definition) is 5. The van der Waals surface area contributed by atoms with Crippen LogP contribution in [-0.2, 0) is 14.3 Å². The molecule has 2 aromatic rings. The lowest BCUT2D eigenvalue weighted by Gasteiger charge is -2.41. The molecule has 2 aliphatic rings. The lowest BCUT2D eigenvalue weighted by atomic mass is 9.91. The molecule has 2 heterocycles. The van der Waals surface area contributed by atoms with E-state index in [9.17, 15) is 51.0 Å². The summed E-state index contributed by atoms with van der Waals surface area (Å²) in [7, 11) is -10.2. The summed E-state index contributed by atoms with van der Waals surface area (Å²) in [6.07, 6.45) is -1.32. The van der Waals surface area contributed by atoms with Gasteiger partial charge in [0.05, 0.1) is 18.3 Å². The number of rotatable bonds is 9. The van der Waals surface area contributed by atoms with Gasteiger partial charge in [-0.3, -0.25) is 19.5 Å². The number of hydrogen-bond donors (Lipinski definition) is 2. The number of carbonyl (C=O) groups is 2. The molecule has 2 N–H and O–H groups in total. The van der Waals surface area contributed by atoms with E-state index in [4.69, 9.17) is 0 Å². The lowest BCUT2D eigenvalue weighted by Crippen LogP contribution is -2.52. The summed E-state index contributed by atoms with van der Waals surface area (Å²) in [4.78, 5) is 29.5. The zero-order valence-corrected chi connectivity index (χ0v) is 22.8. The number of nitrogens with one attached hydrogen (secondary N) is 2. The molecule has 0 radical (unpaired) electrons. The number of pyridine rings is 1. The molecule has 1 aliphatic heterocycles. The Kier molecular flexibility index (Phi) is 8.47. The highest BCUT2D eigenvalue weighted by Gasteiger charge is 2.65. The van der Waals surface area contributed by atoms with Crippen LogP contribution in [0.4, 0.5) is 47.1 Å². The first-order valence-corrected chi connectivity index (χ1v) is 14.8. The quantitative estimate of drug-likeness (QED) is 0.298. The number of nitrogens with zero attached hydrogens (tertiary/aromatic N) is 2. The van der Waals surface area contributed by atoms with Crippen molar-refractivity contribution in [2.45, 2.75) is 73.8 Å². The average Bonchev–Trinajstić information content (AvgIpc) is 3.34. The Morgan fingerprint density at radius 3 is 2.23 bits per heavy atom. The molecular formula is C25H26F10N4O3S. The largest absolute Gasteiger partial charge is 0.351 e. The number of ether oxygens (including phenoxy) is 1. The Labute approximate surface area is 238 Å². The first kappa shape index (κ1) is 32.8. The van der Waals surface area contributed by atoms with E-state index in [1.54, 1.807) is 0 Å². The van der Waals surface area contributed by atoms with E-state index in [2.05, 4.69) is 20.4 Å². The van der Waals surface area contributed by atoms with E-state index < -0.39 is 88.0 Å². The fourth-order valence-electron chi connectivity index (χ4n) is 5.04. The molecule has 3 atom stereocenters. The first-order chi connectivity index (χ1) is 19.7. The minimum absolute atomic E-state index is 0.00393. The zero-order chi connectivity index (χ0) is 31.9. The fourth-order valence-corrected chi connectivity index (χ4v) is 5.69. The van der Waals surface area contributed by atoms with Crippen LogP contribution in [0.15, 0.2) is 47.6 Å². The number of carbonyl (C=O) groups excluding carboxylic acids is 2. The highest BCUT2D eigenvalue weighted by atomic mass is 32.5. The number of aromatic nitrogens is 1. The number of alkyl halides is 4. The minimum Gasteiger partial charge on any atom is -0.351 e. The van der Waals surface area contributed by atoms with Gasteiger partial charge in [0.25, 0.3) is 0 Å². The molecule has 7 nitrogen and oxygen atoms in total. The maximum atomic E-state index is 14.3. The van der Waals surface area contributed by atoms with Crippen molar-refractivity contribution in [3.63, 3.8) is 0 Å². The van der Waals surface area contributed by atoms with Gasteiger partial charge in [0.15, 0.2) is 0 Å². The summed E-state index contributed by atoms with van der Waals surface area (Å²) in [6.45, 7) is -3.46. The van der Waals surface area contributed by atoms with Gasteiger partial charge in [0, 0.05) is 42.9 Å². The molecule has 1 aromatic heterocycles. The van der Waals surface area contributed by atoms with Crippen LogP contribution in [0.1, 0.15) is 43.7 Å². The molecule has 4 rings (SSSR count). The second-order valence-electron chi connectivity index (χ2n) is 10.4. The first-order valence-electron chi connectivity index (χ1n) is 12.9. The number of benzene rings is 1. The van der Waals surface area contributed by atoms with Crippen LogP contribution in [0, 0.1) is 5.82 Å². The molecule has 43 heavy (non-hydrogen) atoms. The van der Waals surface area contributed by atoms with Crippen molar-refractivity contribution in [1.29, 1.82) is 0 Å². The second kappa shape index (κ2) is 11.1. The van der Waals surface area contributed by atoms with Crippen molar-refractivity contribution >= 4 is 27.7 Å². The normalized spacial score (nSPS) is 23.3. The highest BCUT2D eigenvalue weighted by molar-refractivity contribution is 8.45. The molecule has 18 heteroatoms. The summed E-state index contributed by atoms with van der Waals surface area (Å²) < 4.78 is 139. The van der Waals surface area contributed by atoms with E-state index >= 15 is 0 Å². The summed E-state index contributed by atoms with van der Waals surface area (Å²) in [6, 6.07) is -2.28. The molecule has 0 spiro atoms. The van der Waals surface area contributed by atoms with Gasteiger partial charge in [-0.05, 0) is 49.6 Å². The van der Waals surface area contributed by atoms with Crippen molar-refractivity contribution in [2.75, 3.05) is 11.4 Å². The monoisotopic (exact) mass is 652 g/mol. The molecule has 240 valence electrons. The number of halogens is 10. The highest BCUT2D eigenvalue weighted by Crippen LogP contribution is 3.02.